The molecule has 2 rings (SSSR count). The van der Waals surface area contributed by atoms with Gasteiger partial charge in [-0.1, -0.05) is 0 Å². The third kappa shape index (κ3) is 1.35. The Morgan fingerprint density at radius 1 is 1.80 bits per heavy atom. The Balaban J connectivity index is 1.80. The molecule has 0 aliphatic carbocycles. The molecule has 2 atom stereocenters. The predicted molar refractivity (Wildman–Crippen MR) is 43.7 cm³/mol. The highest BCUT2D eigenvalue weighted by atomic mass is 32.2. The first-order chi connectivity index (χ1) is 4.86. The Labute approximate surface area is 65.0 Å². The lowest BCUT2D eigenvalue weighted by Gasteiger charge is -1.91. The summed E-state index contributed by atoms with van der Waals surface area (Å²) in [6, 6.07) is 0. The number of hydrogen-bond acceptors (Lipinski definition) is 3. The van der Waals surface area contributed by atoms with E-state index in [0.717, 1.165) is 13.0 Å². The van der Waals surface area contributed by atoms with Crippen molar-refractivity contribution >= 4 is 16.8 Å². The van der Waals surface area contributed by atoms with Gasteiger partial charge in [0.25, 0.3) is 0 Å². The average molecular weight is 157 g/mol. The van der Waals surface area contributed by atoms with E-state index in [1.165, 1.54) is 10.8 Å². The molecule has 2 aliphatic heterocycles. The zero-order chi connectivity index (χ0) is 6.97. The van der Waals surface area contributed by atoms with Crippen molar-refractivity contribution in [2.45, 2.75) is 25.6 Å². The van der Waals surface area contributed by atoms with Crippen LogP contribution in [0.5, 0.6) is 0 Å². The maximum absolute atomic E-state index is 5.28. The third-order valence-corrected chi connectivity index (χ3v) is 2.88. The zero-order valence-corrected chi connectivity index (χ0v) is 6.86. The first kappa shape index (κ1) is 6.68. The van der Waals surface area contributed by atoms with Gasteiger partial charge in [-0.15, -0.1) is 11.8 Å². The SMILES string of the molecule is CC1OC1CC1=NCCS1. The lowest BCUT2D eigenvalue weighted by Crippen LogP contribution is -1.96. The average Bonchev–Trinajstić information content (AvgIpc) is 2.48. The second-order valence-electron chi connectivity index (χ2n) is 2.71. The van der Waals surface area contributed by atoms with E-state index in [9.17, 15) is 0 Å². The lowest BCUT2D eigenvalue weighted by atomic mass is 10.3. The molecule has 2 heterocycles. The van der Waals surface area contributed by atoms with Gasteiger partial charge >= 0.3 is 0 Å². The van der Waals surface area contributed by atoms with Gasteiger partial charge in [0.15, 0.2) is 0 Å². The molecule has 0 bridgehead atoms. The molecule has 2 unspecified atom stereocenters. The van der Waals surface area contributed by atoms with Gasteiger partial charge in [-0.25, -0.2) is 0 Å². The van der Waals surface area contributed by atoms with Gasteiger partial charge in [-0.2, -0.15) is 0 Å². The van der Waals surface area contributed by atoms with Gasteiger partial charge < -0.3 is 4.74 Å². The summed E-state index contributed by atoms with van der Waals surface area (Å²) >= 11 is 1.88. The van der Waals surface area contributed by atoms with Crippen LogP contribution >= 0.6 is 11.8 Å². The van der Waals surface area contributed by atoms with Crippen LogP contribution in [0.2, 0.25) is 0 Å². The molecular weight excluding hydrogens is 146 g/mol. The molecule has 10 heavy (non-hydrogen) atoms. The monoisotopic (exact) mass is 157 g/mol. The fraction of sp³-hybridized carbons (Fsp3) is 0.857. The fourth-order valence-electron chi connectivity index (χ4n) is 1.12. The Kier molecular flexibility index (Phi) is 1.70. The summed E-state index contributed by atoms with van der Waals surface area (Å²) in [5, 5.41) is 1.30. The highest BCUT2D eigenvalue weighted by molar-refractivity contribution is 8.14. The largest absolute Gasteiger partial charge is 0.369 e. The molecule has 0 aromatic carbocycles. The number of rotatable bonds is 2. The number of nitrogens with zero attached hydrogens (tertiary/aromatic N) is 1. The van der Waals surface area contributed by atoms with E-state index in [1.807, 2.05) is 11.8 Å². The molecule has 0 amide bonds. The predicted octanol–water partition coefficient (Wildman–Crippen LogP) is 1.31. The van der Waals surface area contributed by atoms with Crippen molar-refractivity contribution in [2.24, 2.45) is 4.99 Å². The van der Waals surface area contributed by atoms with E-state index in [1.54, 1.807) is 0 Å². The first-order valence-corrected chi connectivity index (χ1v) is 4.66. The van der Waals surface area contributed by atoms with Crippen LogP contribution < -0.4 is 0 Å². The molecule has 0 aromatic heterocycles. The molecule has 0 saturated carbocycles. The molecule has 56 valence electrons. The zero-order valence-electron chi connectivity index (χ0n) is 6.04. The van der Waals surface area contributed by atoms with Gasteiger partial charge in [-0.05, 0) is 6.92 Å². The minimum absolute atomic E-state index is 0.490. The van der Waals surface area contributed by atoms with Gasteiger partial charge in [0.2, 0.25) is 0 Å². The molecule has 2 nitrogen and oxygen atoms in total. The van der Waals surface area contributed by atoms with E-state index in [2.05, 4.69) is 11.9 Å². The number of thioether (sulfide) groups is 1. The van der Waals surface area contributed by atoms with Crippen LogP contribution in [0, 0.1) is 0 Å². The van der Waals surface area contributed by atoms with Crippen molar-refractivity contribution in [2.75, 3.05) is 12.3 Å². The van der Waals surface area contributed by atoms with Gasteiger partial charge in [0, 0.05) is 18.7 Å². The van der Waals surface area contributed by atoms with Crippen molar-refractivity contribution in [3.8, 4) is 0 Å². The van der Waals surface area contributed by atoms with Gasteiger partial charge in [-0.3, -0.25) is 4.99 Å². The van der Waals surface area contributed by atoms with Crippen LogP contribution in [-0.4, -0.2) is 29.5 Å². The van der Waals surface area contributed by atoms with Crippen LogP contribution in [0.3, 0.4) is 0 Å². The fourth-order valence-corrected chi connectivity index (χ4v) is 2.00. The standard InChI is InChI=1S/C7H11NOS/c1-5-6(9-5)4-7-8-2-3-10-7/h5-6H,2-4H2,1H3. The van der Waals surface area contributed by atoms with E-state index in [4.69, 9.17) is 4.74 Å². The van der Waals surface area contributed by atoms with Crippen LogP contribution in [-0.2, 0) is 4.74 Å². The molecule has 1 saturated heterocycles. The molecule has 0 N–H and O–H groups in total. The van der Waals surface area contributed by atoms with Gasteiger partial charge in [0.1, 0.15) is 0 Å². The second kappa shape index (κ2) is 2.55. The maximum Gasteiger partial charge on any atom is 0.0899 e. The number of aliphatic imine (C=N–C) groups is 1. The molecule has 0 spiro atoms. The van der Waals surface area contributed by atoms with E-state index in [0.29, 0.717) is 12.2 Å². The second-order valence-corrected chi connectivity index (χ2v) is 3.88. The van der Waals surface area contributed by atoms with Gasteiger partial charge in [0.05, 0.1) is 17.3 Å². The summed E-state index contributed by atoms with van der Waals surface area (Å²) in [5.41, 5.74) is 0. The molecule has 0 radical (unpaired) electrons. The number of hydrogen-bond donors (Lipinski definition) is 0. The maximum atomic E-state index is 5.28. The summed E-state index contributed by atoms with van der Waals surface area (Å²) in [6.45, 7) is 3.13. The summed E-state index contributed by atoms with van der Waals surface area (Å²) in [6.07, 6.45) is 2.04. The highest BCUT2D eigenvalue weighted by Crippen LogP contribution is 2.28. The normalized spacial score (nSPS) is 37.9. The molecule has 1 fully saturated rings. The quantitative estimate of drug-likeness (QED) is 0.564. The van der Waals surface area contributed by atoms with Crippen molar-refractivity contribution in [3.63, 3.8) is 0 Å². The highest BCUT2D eigenvalue weighted by Gasteiger charge is 2.35. The summed E-state index contributed by atoms with van der Waals surface area (Å²) in [4.78, 5) is 4.35. The minimum Gasteiger partial charge on any atom is -0.369 e. The minimum atomic E-state index is 0.490. The summed E-state index contributed by atoms with van der Waals surface area (Å²) in [7, 11) is 0. The molecule has 0 aromatic rings. The first-order valence-electron chi connectivity index (χ1n) is 3.68. The number of ether oxygens (including phenoxy) is 1. The van der Waals surface area contributed by atoms with Crippen LogP contribution in [0.25, 0.3) is 0 Å². The van der Waals surface area contributed by atoms with E-state index < -0.39 is 0 Å². The van der Waals surface area contributed by atoms with E-state index in [-0.39, 0.29) is 0 Å². The van der Waals surface area contributed by atoms with E-state index >= 15 is 0 Å². The Morgan fingerprint density at radius 3 is 3.10 bits per heavy atom. The third-order valence-electron chi connectivity index (χ3n) is 1.86. The summed E-state index contributed by atoms with van der Waals surface area (Å²) in [5.74, 6) is 1.18. The molecule has 3 heteroatoms. The topological polar surface area (TPSA) is 24.9 Å². The Hall–Kier alpha value is -0.0200. The summed E-state index contributed by atoms with van der Waals surface area (Å²) < 4.78 is 5.28. The Bertz CT molecular complexity index is 169. The van der Waals surface area contributed by atoms with Crippen molar-refractivity contribution in [3.05, 3.63) is 0 Å². The Morgan fingerprint density at radius 2 is 2.60 bits per heavy atom. The molecule has 2 aliphatic rings. The van der Waals surface area contributed by atoms with Crippen LogP contribution in [0.4, 0.5) is 0 Å². The smallest absolute Gasteiger partial charge is 0.0899 e. The lowest BCUT2D eigenvalue weighted by molar-refractivity contribution is 0.383. The molecular formula is C7H11NOS. The van der Waals surface area contributed by atoms with Crippen molar-refractivity contribution < 1.29 is 4.74 Å². The number of epoxide rings is 1. The van der Waals surface area contributed by atoms with Crippen LogP contribution in [0.1, 0.15) is 13.3 Å². The van der Waals surface area contributed by atoms with Crippen molar-refractivity contribution in [1.82, 2.24) is 0 Å². The van der Waals surface area contributed by atoms with Crippen LogP contribution in [0.15, 0.2) is 4.99 Å². The van der Waals surface area contributed by atoms with Crippen molar-refractivity contribution in [1.29, 1.82) is 0 Å².